The molecule has 2 amide bonds. The summed E-state index contributed by atoms with van der Waals surface area (Å²) < 4.78 is 5.61. The van der Waals surface area contributed by atoms with Crippen molar-refractivity contribution in [3.63, 3.8) is 0 Å². The zero-order chi connectivity index (χ0) is 11.7. The number of carbonyl (C=O) groups excluding carboxylic acids is 2. The lowest BCUT2D eigenvalue weighted by Crippen LogP contribution is -2.36. The number of amides is 2. The third-order valence-corrected chi connectivity index (χ3v) is 2.72. The van der Waals surface area contributed by atoms with Crippen LogP contribution in [0.2, 0.25) is 0 Å². The van der Waals surface area contributed by atoms with Crippen molar-refractivity contribution in [3.05, 3.63) is 40.1 Å². The molecule has 0 aromatic heterocycles. The molecular weight excluding hydrogens is 274 g/mol. The summed E-state index contributed by atoms with van der Waals surface area (Å²) in [6.45, 7) is 0. The van der Waals surface area contributed by atoms with Crippen molar-refractivity contribution in [2.75, 3.05) is 7.11 Å². The van der Waals surface area contributed by atoms with Crippen LogP contribution in [0.3, 0.4) is 0 Å². The van der Waals surface area contributed by atoms with E-state index in [2.05, 4.69) is 21.2 Å². The molecule has 0 saturated heterocycles. The van der Waals surface area contributed by atoms with Crippen molar-refractivity contribution in [3.8, 4) is 0 Å². The minimum atomic E-state index is -0.443. The first-order chi connectivity index (χ1) is 7.63. The van der Waals surface area contributed by atoms with Gasteiger partial charge in [0.05, 0.1) is 18.9 Å². The Kier molecular flexibility index (Phi) is 2.78. The average molecular weight is 282 g/mol. The number of ether oxygens (including phenoxy) is 1. The molecule has 82 valence electrons. The van der Waals surface area contributed by atoms with Gasteiger partial charge in [-0.2, -0.15) is 0 Å². The van der Waals surface area contributed by atoms with Crippen molar-refractivity contribution in [1.29, 1.82) is 0 Å². The van der Waals surface area contributed by atoms with Crippen molar-refractivity contribution in [2.24, 2.45) is 0 Å². The summed E-state index contributed by atoms with van der Waals surface area (Å²) in [6.07, 6.45) is 1.33. The number of carbonyl (C=O) groups is 2. The molecule has 16 heavy (non-hydrogen) atoms. The van der Waals surface area contributed by atoms with E-state index in [0.29, 0.717) is 16.7 Å². The number of nitrogens with one attached hydrogen (secondary N) is 1. The van der Waals surface area contributed by atoms with Crippen molar-refractivity contribution in [2.45, 2.75) is 0 Å². The van der Waals surface area contributed by atoms with E-state index in [1.165, 1.54) is 13.4 Å². The molecule has 1 aliphatic rings. The molecule has 0 radical (unpaired) electrons. The third-order valence-electron chi connectivity index (χ3n) is 2.22. The molecule has 0 bridgehead atoms. The molecule has 0 saturated carbocycles. The van der Waals surface area contributed by atoms with E-state index in [-0.39, 0.29) is 0 Å². The Hall–Kier alpha value is -1.62. The average Bonchev–Trinajstić information content (AvgIpc) is 2.24. The second kappa shape index (κ2) is 4.09. The lowest BCUT2D eigenvalue weighted by molar-refractivity contribution is -0.114. The Morgan fingerprint density at radius 3 is 2.69 bits per heavy atom. The van der Waals surface area contributed by atoms with E-state index in [1.54, 1.807) is 18.2 Å². The first-order valence-electron chi connectivity index (χ1n) is 4.52. The van der Waals surface area contributed by atoms with Gasteiger partial charge in [0.1, 0.15) is 0 Å². The topological polar surface area (TPSA) is 55.4 Å². The van der Waals surface area contributed by atoms with Gasteiger partial charge >= 0.3 is 0 Å². The van der Waals surface area contributed by atoms with Crippen LogP contribution < -0.4 is 5.32 Å². The SMILES string of the molecule is CO/C=C1/C(=O)NC(=O)c2cc(Br)ccc21. The Balaban J connectivity index is 2.64. The zero-order valence-corrected chi connectivity index (χ0v) is 10.00. The van der Waals surface area contributed by atoms with Gasteiger partial charge in [-0.05, 0) is 12.1 Å². The summed E-state index contributed by atoms with van der Waals surface area (Å²) >= 11 is 3.28. The summed E-state index contributed by atoms with van der Waals surface area (Å²) in [5.41, 5.74) is 1.39. The van der Waals surface area contributed by atoms with Crippen molar-refractivity contribution in [1.82, 2.24) is 5.32 Å². The second-order valence-corrected chi connectivity index (χ2v) is 4.16. The minimum absolute atomic E-state index is 0.351. The summed E-state index contributed by atoms with van der Waals surface area (Å²) in [4.78, 5) is 23.1. The summed E-state index contributed by atoms with van der Waals surface area (Å²) in [5.74, 6) is -0.837. The highest BCUT2D eigenvalue weighted by molar-refractivity contribution is 9.10. The van der Waals surface area contributed by atoms with E-state index >= 15 is 0 Å². The molecule has 4 nitrogen and oxygen atoms in total. The Morgan fingerprint density at radius 2 is 2.00 bits per heavy atom. The van der Waals surface area contributed by atoms with E-state index in [1.807, 2.05) is 0 Å². The predicted molar refractivity (Wildman–Crippen MR) is 61.6 cm³/mol. The summed E-state index contributed by atoms with van der Waals surface area (Å²) in [6, 6.07) is 5.15. The van der Waals surface area contributed by atoms with Crippen LogP contribution in [0.4, 0.5) is 0 Å². The van der Waals surface area contributed by atoms with Gasteiger partial charge in [-0.25, -0.2) is 0 Å². The van der Waals surface area contributed by atoms with Gasteiger partial charge in [-0.3, -0.25) is 14.9 Å². The molecule has 1 aliphatic heterocycles. The van der Waals surface area contributed by atoms with Gasteiger partial charge in [-0.15, -0.1) is 0 Å². The molecule has 1 N–H and O–H groups in total. The maximum Gasteiger partial charge on any atom is 0.261 e. The number of fused-ring (bicyclic) bond motifs is 1. The molecule has 0 fully saturated rings. The summed E-state index contributed by atoms with van der Waals surface area (Å²) in [7, 11) is 1.45. The van der Waals surface area contributed by atoms with E-state index in [4.69, 9.17) is 4.74 Å². The molecule has 1 aromatic rings. The number of hydrogen-bond donors (Lipinski definition) is 1. The molecule has 0 atom stereocenters. The number of benzene rings is 1. The van der Waals surface area contributed by atoms with Crippen LogP contribution >= 0.6 is 15.9 Å². The largest absolute Gasteiger partial charge is 0.504 e. The minimum Gasteiger partial charge on any atom is -0.504 e. The van der Waals surface area contributed by atoms with Crippen LogP contribution in [0, 0.1) is 0 Å². The summed E-state index contributed by atoms with van der Waals surface area (Å²) in [5, 5.41) is 2.25. The van der Waals surface area contributed by atoms with Crippen LogP contribution in [-0.4, -0.2) is 18.9 Å². The second-order valence-electron chi connectivity index (χ2n) is 3.24. The Labute approximate surface area is 100 Å². The number of halogens is 1. The molecule has 1 heterocycles. The van der Waals surface area contributed by atoms with E-state index in [0.717, 1.165) is 4.47 Å². The van der Waals surface area contributed by atoms with Crippen LogP contribution in [0.5, 0.6) is 0 Å². The molecule has 1 aromatic carbocycles. The predicted octanol–water partition coefficient (Wildman–Crippen LogP) is 1.71. The zero-order valence-electron chi connectivity index (χ0n) is 8.41. The third kappa shape index (κ3) is 1.74. The Morgan fingerprint density at radius 1 is 1.25 bits per heavy atom. The standard InChI is InChI=1S/C11H8BrNO3/c1-16-5-9-7-3-2-6(12)4-8(7)10(14)13-11(9)15/h2-5H,1H3,(H,13,14,15)/b9-5+. The van der Waals surface area contributed by atoms with Gasteiger partial charge in [0, 0.05) is 15.6 Å². The van der Waals surface area contributed by atoms with E-state index < -0.39 is 11.8 Å². The van der Waals surface area contributed by atoms with Gasteiger partial charge < -0.3 is 4.74 Å². The first kappa shape index (κ1) is 10.9. The number of hydrogen-bond acceptors (Lipinski definition) is 3. The van der Waals surface area contributed by atoms with Crippen LogP contribution in [-0.2, 0) is 9.53 Å². The van der Waals surface area contributed by atoms with Gasteiger partial charge in [-0.1, -0.05) is 22.0 Å². The molecule has 0 aliphatic carbocycles. The number of methoxy groups -OCH3 is 1. The molecule has 0 unspecified atom stereocenters. The number of rotatable bonds is 1. The van der Waals surface area contributed by atoms with Gasteiger partial charge in [0.2, 0.25) is 0 Å². The van der Waals surface area contributed by atoms with E-state index in [9.17, 15) is 9.59 Å². The molecular formula is C11H8BrNO3. The van der Waals surface area contributed by atoms with Gasteiger partial charge in [0.15, 0.2) is 0 Å². The monoisotopic (exact) mass is 281 g/mol. The fourth-order valence-electron chi connectivity index (χ4n) is 1.53. The van der Waals surface area contributed by atoms with Gasteiger partial charge in [0.25, 0.3) is 11.8 Å². The smallest absolute Gasteiger partial charge is 0.261 e. The normalized spacial score (nSPS) is 17.0. The fraction of sp³-hybridized carbons (Fsp3) is 0.0909. The quantitative estimate of drug-likeness (QED) is 0.484. The molecule has 5 heteroatoms. The van der Waals surface area contributed by atoms with Crippen LogP contribution in [0.1, 0.15) is 15.9 Å². The van der Waals surface area contributed by atoms with Crippen molar-refractivity contribution >= 4 is 33.3 Å². The van der Waals surface area contributed by atoms with Crippen molar-refractivity contribution < 1.29 is 14.3 Å². The number of imide groups is 1. The highest BCUT2D eigenvalue weighted by Crippen LogP contribution is 2.26. The van der Waals surface area contributed by atoms with Crippen LogP contribution in [0.25, 0.3) is 5.57 Å². The Bertz CT molecular complexity index is 508. The van der Waals surface area contributed by atoms with Crippen LogP contribution in [0.15, 0.2) is 28.9 Å². The fourth-order valence-corrected chi connectivity index (χ4v) is 1.90. The maximum absolute atomic E-state index is 11.6. The lowest BCUT2D eigenvalue weighted by atomic mass is 9.96. The maximum atomic E-state index is 11.6. The first-order valence-corrected chi connectivity index (χ1v) is 5.31. The highest BCUT2D eigenvalue weighted by Gasteiger charge is 2.27. The molecule has 2 rings (SSSR count). The highest BCUT2D eigenvalue weighted by atomic mass is 79.9. The molecule has 0 spiro atoms. The lowest BCUT2D eigenvalue weighted by Gasteiger charge is -2.17.